The van der Waals surface area contributed by atoms with E-state index in [1.165, 1.54) is 41.7 Å². The zero-order valence-electron chi connectivity index (χ0n) is 16.2. The summed E-state index contributed by atoms with van der Waals surface area (Å²) in [5.74, 6) is -0.576. The number of carbonyl (C=O) groups excluding carboxylic acids is 1. The summed E-state index contributed by atoms with van der Waals surface area (Å²) in [5, 5.41) is 2.85. The Bertz CT molecular complexity index is 1020. The number of thioether (sulfide) groups is 2. The van der Waals surface area contributed by atoms with Gasteiger partial charge in [0.25, 0.3) is 0 Å². The number of rotatable bonds is 8. The molecule has 2 aromatic carbocycles. The van der Waals surface area contributed by atoms with Gasteiger partial charge in [0.15, 0.2) is 0 Å². The van der Waals surface area contributed by atoms with Gasteiger partial charge < -0.3 is 5.32 Å². The first-order valence-electron chi connectivity index (χ1n) is 9.31. The lowest BCUT2D eigenvalue weighted by Gasteiger charge is -2.28. The van der Waals surface area contributed by atoms with Crippen LogP contribution in [0, 0.1) is 11.6 Å². The fraction of sp³-hybridized carbons (Fsp3) is 0.350. The molecule has 1 amide bonds. The van der Waals surface area contributed by atoms with Crippen LogP contribution in [0.3, 0.4) is 0 Å². The minimum Gasteiger partial charge on any atom is -0.348 e. The highest BCUT2D eigenvalue weighted by molar-refractivity contribution is 7.99. The standard InChI is InChI=1S/C20H22F2N2O3S3/c1-28-11-9-17(24-30(26,27)18-8-3-2-6-14(18)21)20(25)23-16-10-12-29-19-13(16)5-4-7-15(19)22/h2-8,16-17,24H,9-12H2,1H3,(H,23,25). The van der Waals surface area contributed by atoms with Gasteiger partial charge in [-0.05, 0) is 48.6 Å². The van der Waals surface area contributed by atoms with Crippen molar-refractivity contribution in [2.24, 2.45) is 0 Å². The molecule has 0 saturated carbocycles. The van der Waals surface area contributed by atoms with E-state index in [1.54, 1.807) is 12.1 Å². The second-order valence-electron chi connectivity index (χ2n) is 6.74. The van der Waals surface area contributed by atoms with Crippen LogP contribution in [0.4, 0.5) is 8.78 Å². The minimum atomic E-state index is -4.23. The summed E-state index contributed by atoms with van der Waals surface area (Å²) in [4.78, 5) is 13.0. The van der Waals surface area contributed by atoms with Crippen molar-refractivity contribution in [2.75, 3.05) is 17.8 Å². The molecule has 2 N–H and O–H groups in total. The molecule has 162 valence electrons. The van der Waals surface area contributed by atoms with E-state index < -0.39 is 38.7 Å². The molecule has 2 unspecified atom stereocenters. The number of amides is 1. The van der Waals surface area contributed by atoms with Crippen molar-refractivity contribution in [3.8, 4) is 0 Å². The molecule has 1 aliphatic rings. The monoisotopic (exact) mass is 472 g/mol. The Balaban J connectivity index is 1.80. The van der Waals surface area contributed by atoms with E-state index in [-0.39, 0.29) is 12.2 Å². The molecule has 10 heteroatoms. The van der Waals surface area contributed by atoms with Crippen LogP contribution in [0.25, 0.3) is 0 Å². The Hall–Kier alpha value is -1.62. The van der Waals surface area contributed by atoms with Crippen molar-refractivity contribution in [3.63, 3.8) is 0 Å². The third-order valence-electron chi connectivity index (χ3n) is 4.69. The summed E-state index contributed by atoms with van der Waals surface area (Å²) in [5.41, 5.74) is 0.681. The lowest BCUT2D eigenvalue weighted by atomic mass is 10.0. The van der Waals surface area contributed by atoms with Gasteiger partial charge in [0, 0.05) is 10.6 Å². The second kappa shape index (κ2) is 10.1. The average molecular weight is 473 g/mol. The molecule has 30 heavy (non-hydrogen) atoms. The minimum absolute atomic E-state index is 0.234. The predicted octanol–water partition coefficient (Wildman–Crippen LogP) is 3.72. The molecular formula is C20H22F2N2O3S3. The number of halogens is 2. The van der Waals surface area contributed by atoms with Gasteiger partial charge in [0.2, 0.25) is 15.9 Å². The number of fused-ring (bicyclic) bond motifs is 1. The molecule has 2 atom stereocenters. The summed E-state index contributed by atoms with van der Waals surface area (Å²) in [6.45, 7) is 0. The third kappa shape index (κ3) is 5.35. The van der Waals surface area contributed by atoms with E-state index in [0.29, 0.717) is 28.4 Å². The number of hydrogen-bond acceptors (Lipinski definition) is 5. The van der Waals surface area contributed by atoms with Crippen LogP contribution in [0.5, 0.6) is 0 Å². The molecule has 5 nitrogen and oxygen atoms in total. The largest absolute Gasteiger partial charge is 0.348 e. The van der Waals surface area contributed by atoms with Crippen LogP contribution < -0.4 is 10.0 Å². The van der Waals surface area contributed by atoms with Crippen LogP contribution in [0.2, 0.25) is 0 Å². The quantitative estimate of drug-likeness (QED) is 0.613. The number of benzene rings is 2. The molecule has 0 bridgehead atoms. The van der Waals surface area contributed by atoms with Gasteiger partial charge in [-0.15, -0.1) is 11.8 Å². The lowest BCUT2D eigenvalue weighted by molar-refractivity contribution is -0.123. The van der Waals surface area contributed by atoms with E-state index in [2.05, 4.69) is 10.0 Å². The van der Waals surface area contributed by atoms with Crippen LogP contribution in [0.1, 0.15) is 24.4 Å². The zero-order chi connectivity index (χ0) is 21.7. The molecule has 0 radical (unpaired) electrons. The van der Waals surface area contributed by atoms with Crippen molar-refractivity contribution in [1.82, 2.24) is 10.0 Å². The molecule has 1 aliphatic heterocycles. The van der Waals surface area contributed by atoms with Crippen molar-refractivity contribution < 1.29 is 22.0 Å². The average Bonchev–Trinajstić information content (AvgIpc) is 2.72. The highest BCUT2D eigenvalue weighted by Crippen LogP contribution is 2.37. The van der Waals surface area contributed by atoms with Gasteiger partial charge in [-0.2, -0.15) is 16.5 Å². The summed E-state index contributed by atoms with van der Waals surface area (Å²) in [6.07, 6.45) is 2.68. The van der Waals surface area contributed by atoms with E-state index in [1.807, 2.05) is 6.26 Å². The first kappa shape index (κ1) is 23.1. The van der Waals surface area contributed by atoms with Gasteiger partial charge >= 0.3 is 0 Å². The van der Waals surface area contributed by atoms with Gasteiger partial charge in [-0.3, -0.25) is 4.79 Å². The zero-order valence-corrected chi connectivity index (χ0v) is 18.7. The van der Waals surface area contributed by atoms with Crippen LogP contribution in [0.15, 0.2) is 52.3 Å². The Morgan fingerprint density at radius 2 is 1.93 bits per heavy atom. The van der Waals surface area contributed by atoms with Crippen molar-refractivity contribution >= 4 is 39.5 Å². The van der Waals surface area contributed by atoms with E-state index in [9.17, 15) is 22.0 Å². The number of nitrogens with one attached hydrogen (secondary N) is 2. The van der Waals surface area contributed by atoms with Crippen LogP contribution >= 0.6 is 23.5 Å². The molecule has 0 spiro atoms. The lowest BCUT2D eigenvalue weighted by Crippen LogP contribution is -2.48. The Morgan fingerprint density at radius 3 is 2.67 bits per heavy atom. The Kier molecular flexibility index (Phi) is 7.78. The predicted molar refractivity (Wildman–Crippen MR) is 116 cm³/mol. The highest BCUT2D eigenvalue weighted by atomic mass is 32.2. The summed E-state index contributed by atoms with van der Waals surface area (Å²) < 4.78 is 55.8. The summed E-state index contributed by atoms with van der Waals surface area (Å²) in [6, 6.07) is 8.24. The van der Waals surface area contributed by atoms with Gasteiger partial charge in [-0.1, -0.05) is 24.3 Å². The SMILES string of the molecule is CSCCC(NS(=O)(=O)c1ccccc1F)C(=O)NC1CCSc2c(F)cccc21. The maximum Gasteiger partial charge on any atom is 0.244 e. The molecular weight excluding hydrogens is 450 g/mol. The Labute approximate surface area is 183 Å². The van der Waals surface area contributed by atoms with Gasteiger partial charge in [-0.25, -0.2) is 17.2 Å². The van der Waals surface area contributed by atoms with Gasteiger partial charge in [0.05, 0.1) is 6.04 Å². The number of sulfonamides is 1. The third-order valence-corrected chi connectivity index (χ3v) is 8.00. The van der Waals surface area contributed by atoms with Gasteiger partial charge in [0.1, 0.15) is 22.6 Å². The molecule has 0 fully saturated rings. The fourth-order valence-corrected chi connectivity index (χ4v) is 6.12. The highest BCUT2D eigenvalue weighted by Gasteiger charge is 2.30. The molecule has 0 aromatic heterocycles. The van der Waals surface area contributed by atoms with Crippen molar-refractivity contribution in [3.05, 3.63) is 59.7 Å². The summed E-state index contributed by atoms with van der Waals surface area (Å²) >= 11 is 2.86. The van der Waals surface area contributed by atoms with Crippen LogP contribution in [-0.2, 0) is 14.8 Å². The van der Waals surface area contributed by atoms with Crippen molar-refractivity contribution in [2.45, 2.75) is 34.7 Å². The maximum atomic E-state index is 14.1. The van der Waals surface area contributed by atoms with E-state index in [0.717, 1.165) is 12.1 Å². The smallest absolute Gasteiger partial charge is 0.244 e. The first-order valence-corrected chi connectivity index (χ1v) is 13.2. The molecule has 0 saturated heterocycles. The fourth-order valence-electron chi connectivity index (χ4n) is 3.20. The first-order chi connectivity index (χ1) is 14.3. The van der Waals surface area contributed by atoms with Crippen LogP contribution in [-0.4, -0.2) is 38.1 Å². The Morgan fingerprint density at radius 1 is 1.20 bits per heavy atom. The molecule has 0 aliphatic carbocycles. The normalized spacial score (nSPS) is 17.2. The maximum absolute atomic E-state index is 14.1. The summed E-state index contributed by atoms with van der Waals surface area (Å²) in [7, 11) is -4.23. The van der Waals surface area contributed by atoms with E-state index in [4.69, 9.17) is 0 Å². The van der Waals surface area contributed by atoms with Crippen molar-refractivity contribution in [1.29, 1.82) is 0 Å². The topological polar surface area (TPSA) is 75.3 Å². The number of hydrogen-bond donors (Lipinski definition) is 2. The van der Waals surface area contributed by atoms with E-state index >= 15 is 0 Å². The molecule has 2 aromatic rings. The molecule has 1 heterocycles. The molecule has 3 rings (SSSR count). The second-order valence-corrected chi connectivity index (χ2v) is 10.5. The number of carbonyl (C=O) groups is 1.